The molecule has 0 unspecified atom stereocenters. The monoisotopic (exact) mass is 787 g/mol. The first-order valence-electron chi connectivity index (χ1n) is 21.1. The molecule has 0 aromatic heterocycles. The topological polar surface area (TPSA) is 103 Å². The van der Waals surface area contributed by atoms with Crippen molar-refractivity contribution in [2.24, 2.45) is 10.8 Å². The predicted molar refractivity (Wildman–Crippen MR) is 224 cm³/mol. The fourth-order valence-corrected chi connectivity index (χ4v) is 11.3. The largest absolute Gasteiger partial charge is 0.371 e. The number of imide groups is 1. The highest BCUT2D eigenvalue weighted by molar-refractivity contribution is 6.32. The molecular formula is C46H54ClN7O3. The van der Waals surface area contributed by atoms with Crippen molar-refractivity contribution < 1.29 is 14.4 Å². The number of rotatable bonds is 6. The molecule has 298 valence electrons. The number of hydrogen-bond acceptors (Lipinski definition) is 8. The molecule has 57 heavy (non-hydrogen) atoms. The van der Waals surface area contributed by atoms with E-state index in [1.54, 1.807) is 0 Å². The number of likely N-dealkylation sites (tertiary alicyclic amines) is 1. The molecule has 3 aromatic rings. The zero-order chi connectivity index (χ0) is 39.3. The van der Waals surface area contributed by atoms with Crippen molar-refractivity contribution in [1.29, 1.82) is 5.26 Å². The van der Waals surface area contributed by atoms with Crippen LogP contribution in [0.1, 0.15) is 92.1 Å². The van der Waals surface area contributed by atoms with Gasteiger partial charge in [-0.15, -0.1) is 0 Å². The molecule has 3 amide bonds. The van der Waals surface area contributed by atoms with Gasteiger partial charge in [0, 0.05) is 100 Å². The van der Waals surface area contributed by atoms with Gasteiger partial charge in [-0.2, -0.15) is 5.26 Å². The van der Waals surface area contributed by atoms with Crippen molar-refractivity contribution in [3.63, 3.8) is 0 Å². The first kappa shape index (κ1) is 38.0. The Morgan fingerprint density at radius 3 is 2.02 bits per heavy atom. The standard InChI is InChI=1S/C46H54ClN7O3/c1-32-27-46(31-54(32)38-11-6-35(30-48)41(47)26-38)16-18-50(19-17-46)36-9-4-34(5-10-36)44(57)53-20-14-45(15-21-53)28-39(29-45)52-24-22-51(23-25-52)37-7-2-33(3-8-37)40-12-13-42(55)49-43(40)56/h2-11,26,32,39-40H,12-25,27-29,31H2,1H3,(H,49,55,56)/t32-,40-/m1/s1. The van der Waals surface area contributed by atoms with E-state index >= 15 is 0 Å². The van der Waals surface area contributed by atoms with Crippen molar-refractivity contribution in [2.75, 3.05) is 73.6 Å². The maximum atomic E-state index is 13.6. The van der Waals surface area contributed by atoms with Crippen LogP contribution in [0, 0.1) is 22.2 Å². The Morgan fingerprint density at radius 2 is 1.39 bits per heavy atom. The Labute approximate surface area is 341 Å². The summed E-state index contributed by atoms with van der Waals surface area (Å²) < 4.78 is 0. The second-order valence-corrected chi connectivity index (χ2v) is 18.4. The highest BCUT2D eigenvalue weighted by Gasteiger charge is 2.49. The van der Waals surface area contributed by atoms with E-state index in [2.05, 4.69) is 79.2 Å². The minimum atomic E-state index is -0.241. The van der Waals surface area contributed by atoms with Crippen molar-refractivity contribution in [3.8, 4) is 6.07 Å². The van der Waals surface area contributed by atoms with E-state index in [1.165, 1.54) is 24.2 Å². The Kier molecular flexibility index (Phi) is 10.2. The van der Waals surface area contributed by atoms with Crippen LogP contribution in [0.4, 0.5) is 17.1 Å². The number of halogens is 1. The van der Waals surface area contributed by atoms with E-state index < -0.39 is 0 Å². The second-order valence-electron chi connectivity index (χ2n) is 18.0. The number of piperazine rings is 1. The lowest BCUT2D eigenvalue weighted by Gasteiger charge is -2.56. The van der Waals surface area contributed by atoms with Gasteiger partial charge in [0.25, 0.3) is 5.91 Å². The number of anilines is 3. The van der Waals surface area contributed by atoms with Crippen molar-refractivity contribution >= 4 is 46.4 Å². The average Bonchev–Trinajstić information content (AvgIpc) is 3.55. The summed E-state index contributed by atoms with van der Waals surface area (Å²) in [6, 6.07) is 25.8. The lowest BCUT2D eigenvalue weighted by molar-refractivity contribution is -0.134. The number of nitrogens with zero attached hydrogens (tertiary/aromatic N) is 6. The quantitative estimate of drug-likeness (QED) is 0.272. The molecule has 9 rings (SSSR count). The number of amides is 3. The van der Waals surface area contributed by atoms with Crippen LogP contribution in [-0.4, -0.2) is 98.5 Å². The highest BCUT2D eigenvalue weighted by Crippen LogP contribution is 2.51. The number of piperidine rings is 3. The Hall–Kier alpha value is -4.59. The molecule has 1 saturated carbocycles. The molecule has 10 nitrogen and oxygen atoms in total. The van der Waals surface area contributed by atoms with E-state index in [-0.39, 0.29) is 29.1 Å². The summed E-state index contributed by atoms with van der Waals surface area (Å²) in [4.78, 5) is 49.6. The molecule has 3 aromatic carbocycles. The molecule has 6 aliphatic rings. The first-order chi connectivity index (χ1) is 27.6. The lowest BCUT2D eigenvalue weighted by Crippen LogP contribution is -2.59. The van der Waals surface area contributed by atoms with Crippen LogP contribution in [0.5, 0.6) is 0 Å². The number of hydrogen-bond donors (Lipinski definition) is 1. The normalized spacial score (nSPS) is 25.1. The molecule has 0 bridgehead atoms. The Balaban J connectivity index is 0.708. The van der Waals surface area contributed by atoms with Gasteiger partial charge in [0.2, 0.25) is 11.8 Å². The fraction of sp³-hybridized carbons (Fsp3) is 0.522. The molecule has 1 N–H and O–H groups in total. The molecule has 5 saturated heterocycles. The molecule has 1 aliphatic carbocycles. The number of nitrogens with one attached hydrogen (secondary N) is 1. The van der Waals surface area contributed by atoms with Gasteiger partial charge in [-0.1, -0.05) is 23.7 Å². The van der Waals surface area contributed by atoms with Gasteiger partial charge in [-0.05, 0) is 129 Å². The Bertz CT molecular complexity index is 2030. The lowest BCUT2D eigenvalue weighted by atomic mass is 9.60. The van der Waals surface area contributed by atoms with Crippen LogP contribution >= 0.6 is 11.6 Å². The third kappa shape index (κ3) is 7.49. The van der Waals surface area contributed by atoms with Crippen LogP contribution in [0.3, 0.4) is 0 Å². The highest BCUT2D eigenvalue weighted by atomic mass is 35.5. The van der Waals surface area contributed by atoms with Crippen LogP contribution in [0.2, 0.25) is 5.02 Å². The number of carbonyl (C=O) groups excluding carboxylic acids is 3. The van der Waals surface area contributed by atoms with E-state index in [0.29, 0.717) is 40.9 Å². The molecule has 11 heteroatoms. The number of carbonyl (C=O) groups is 3. The average molecular weight is 788 g/mol. The van der Waals surface area contributed by atoms with Gasteiger partial charge < -0.3 is 19.6 Å². The third-order valence-electron chi connectivity index (χ3n) is 14.7. The van der Waals surface area contributed by atoms with Gasteiger partial charge in [0.1, 0.15) is 6.07 Å². The summed E-state index contributed by atoms with van der Waals surface area (Å²) in [5.74, 6) is -0.438. The molecule has 2 atom stereocenters. The summed E-state index contributed by atoms with van der Waals surface area (Å²) in [6.45, 7) is 11.1. The van der Waals surface area contributed by atoms with E-state index in [1.807, 2.05) is 30.3 Å². The summed E-state index contributed by atoms with van der Waals surface area (Å²) in [5, 5.41) is 12.3. The van der Waals surface area contributed by atoms with Crippen LogP contribution in [0.25, 0.3) is 0 Å². The van der Waals surface area contributed by atoms with Gasteiger partial charge in [-0.3, -0.25) is 24.6 Å². The minimum Gasteiger partial charge on any atom is -0.371 e. The van der Waals surface area contributed by atoms with Crippen molar-refractivity contribution in [3.05, 3.63) is 88.4 Å². The van der Waals surface area contributed by atoms with Crippen LogP contribution in [0.15, 0.2) is 66.7 Å². The van der Waals surface area contributed by atoms with Crippen molar-refractivity contribution in [1.82, 2.24) is 15.1 Å². The summed E-state index contributed by atoms with van der Waals surface area (Å²) in [6.07, 6.45) is 9.07. The van der Waals surface area contributed by atoms with Crippen molar-refractivity contribution in [2.45, 2.75) is 82.7 Å². The fourth-order valence-electron chi connectivity index (χ4n) is 11.1. The van der Waals surface area contributed by atoms with E-state index in [0.717, 1.165) is 108 Å². The first-order valence-corrected chi connectivity index (χ1v) is 21.5. The minimum absolute atomic E-state index is 0.161. The van der Waals surface area contributed by atoms with Gasteiger partial charge in [0.15, 0.2) is 0 Å². The Morgan fingerprint density at radius 1 is 0.772 bits per heavy atom. The zero-order valence-electron chi connectivity index (χ0n) is 33.1. The van der Waals surface area contributed by atoms with Gasteiger partial charge >= 0.3 is 0 Å². The second kappa shape index (κ2) is 15.3. The van der Waals surface area contributed by atoms with Gasteiger partial charge in [-0.25, -0.2) is 0 Å². The van der Waals surface area contributed by atoms with E-state index in [4.69, 9.17) is 11.6 Å². The maximum absolute atomic E-state index is 13.6. The number of benzene rings is 3. The molecular weight excluding hydrogens is 734 g/mol. The zero-order valence-corrected chi connectivity index (χ0v) is 33.9. The summed E-state index contributed by atoms with van der Waals surface area (Å²) >= 11 is 6.39. The molecule has 6 fully saturated rings. The predicted octanol–water partition coefficient (Wildman–Crippen LogP) is 6.82. The van der Waals surface area contributed by atoms with Crippen LogP contribution < -0.4 is 20.0 Å². The SMILES string of the molecule is C[C@@H]1CC2(CCN(c3ccc(C(=O)N4CCC5(CC4)CC(N4CCN(c6ccc([C@H]7CCC(=O)NC7=O)cc6)CC4)C5)cc3)CC2)CN1c1ccc(C#N)c(Cl)c1. The smallest absolute Gasteiger partial charge is 0.253 e. The maximum Gasteiger partial charge on any atom is 0.253 e. The van der Waals surface area contributed by atoms with E-state index in [9.17, 15) is 19.6 Å². The summed E-state index contributed by atoms with van der Waals surface area (Å²) in [7, 11) is 0. The number of nitriles is 1. The molecule has 5 heterocycles. The molecule has 2 spiro atoms. The molecule has 5 aliphatic heterocycles. The third-order valence-corrected chi connectivity index (χ3v) is 15.0. The van der Waals surface area contributed by atoms with Gasteiger partial charge in [0.05, 0.1) is 16.5 Å². The molecule has 0 radical (unpaired) electrons. The summed E-state index contributed by atoms with van der Waals surface area (Å²) in [5.41, 5.74) is 6.45. The van der Waals surface area contributed by atoms with Crippen LogP contribution in [-0.2, 0) is 9.59 Å².